The van der Waals surface area contributed by atoms with Gasteiger partial charge in [0.25, 0.3) is 5.56 Å². The first-order valence-electron chi connectivity index (χ1n) is 6.47. The molecular formula is C13H14N2O4S2. The van der Waals surface area contributed by atoms with E-state index in [1.54, 1.807) is 17.7 Å². The molecule has 1 aliphatic rings. The summed E-state index contributed by atoms with van der Waals surface area (Å²) in [5, 5.41) is 11.2. The monoisotopic (exact) mass is 326 g/mol. The van der Waals surface area contributed by atoms with Crippen LogP contribution in [0.2, 0.25) is 0 Å². The lowest BCUT2D eigenvalue weighted by molar-refractivity contribution is -0.133. The number of rotatable bonds is 5. The van der Waals surface area contributed by atoms with Gasteiger partial charge < -0.3 is 9.84 Å². The molecule has 0 amide bonds. The van der Waals surface area contributed by atoms with Crippen molar-refractivity contribution in [3.63, 3.8) is 0 Å². The van der Waals surface area contributed by atoms with Gasteiger partial charge in [-0.2, -0.15) is 0 Å². The SMILES string of the molecule is COC1CC(n2c(SCC(=O)O)nc3ccsc3c2=O)C1. The number of methoxy groups -OCH3 is 1. The van der Waals surface area contributed by atoms with Crippen LogP contribution in [0.1, 0.15) is 18.9 Å². The Balaban J connectivity index is 2.01. The van der Waals surface area contributed by atoms with Gasteiger partial charge in [-0.05, 0) is 24.3 Å². The largest absolute Gasteiger partial charge is 0.481 e. The molecule has 0 aromatic carbocycles. The Morgan fingerprint density at radius 1 is 1.62 bits per heavy atom. The molecule has 1 N–H and O–H groups in total. The van der Waals surface area contributed by atoms with Crippen molar-refractivity contribution in [2.45, 2.75) is 30.1 Å². The van der Waals surface area contributed by atoms with Gasteiger partial charge in [-0.15, -0.1) is 11.3 Å². The van der Waals surface area contributed by atoms with Crippen molar-refractivity contribution in [1.29, 1.82) is 0 Å². The summed E-state index contributed by atoms with van der Waals surface area (Å²) in [5.74, 6) is -1.03. The highest BCUT2D eigenvalue weighted by molar-refractivity contribution is 7.99. The second-order valence-corrected chi connectivity index (χ2v) is 6.73. The number of aliphatic carboxylic acids is 1. The predicted octanol–water partition coefficient (Wildman–Crippen LogP) is 1.98. The first-order valence-corrected chi connectivity index (χ1v) is 8.33. The molecule has 0 spiro atoms. The van der Waals surface area contributed by atoms with E-state index in [9.17, 15) is 9.59 Å². The summed E-state index contributed by atoms with van der Waals surface area (Å²) < 4.78 is 7.52. The van der Waals surface area contributed by atoms with E-state index in [1.807, 2.05) is 5.38 Å². The molecule has 1 saturated carbocycles. The third kappa shape index (κ3) is 2.70. The maximum Gasteiger partial charge on any atom is 0.313 e. The van der Waals surface area contributed by atoms with Crippen molar-refractivity contribution in [3.8, 4) is 0 Å². The normalized spacial score (nSPS) is 21.4. The number of nitrogens with zero attached hydrogens (tertiary/aromatic N) is 2. The molecule has 0 unspecified atom stereocenters. The lowest BCUT2D eigenvalue weighted by atomic mass is 9.89. The Hall–Kier alpha value is -1.38. The topological polar surface area (TPSA) is 81.4 Å². The first kappa shape index (κ1) is 14.6. The zero-order valence-electron chi connectivity index (χ0n) is 11.3. The molecular weight excluding hydrogens is 312 g/mol. The van der Waals surface area contributed by atoms with Crippen LogP contribution >= 0.6 is 23.1 Å². The van der Waals surface area contributed by atoms with Crippen LogP contribution in [0.4, 0.5) is 0 Å². The second kappa shape index (κ2) is 5.78. The summed E-state index contributed by atoms with van der Waals surface area (Å²) in [5.41, 5.74) is 0.555. The van der Waals surface area contributed by atoms with Gasteiger partial charge in [-0.3, -0.25) is 14.2 Å². The van der Waals surface area contributed by atoms with Gasteiger partial charge >= 0.3 is 5.97 Å². The van der Waals surface area contributed by atoms with Crippen molar-refractivity contribution in [2.75, 3.05) is 12.9 Å². The molecule has 2 aromatic heterocycles. The summed E-state index contributed by atoms with van der Waals surface area (Å²) in [7, 11) is 1.66. The molecule has 6 nitrogen and oxygen atoms in total. The minimum atomic E-state index is -0.922. The highest BCUT2D eigenvalue weighted by Crippen LogP contribution is 2.36. The molecule has 1 fully saturated rings. The Labute approximate surface area is 128 Å². The smallest absolute Gasteiger partial charge is 0.313 e. The van der Waals surface area contributed by atoms with Crippen LogP contribution in [-0.2, 0) is 9.53 Å². The van der Waals surface area contributed by atoms with E-state index in [2.05, 4.69) is 4.98 Å². The molecule has 0 bridgehead atoms. The lowest BCUT2D eigenvalue weighted by Crippen LogP contribution is -2.38. The highest BCUT2D eigenvalue weighted by atomic mass is 32.2. The molecule has 0 saturated heterocycles. The Kier molecular flexibility index (Phi) is 4.01. The van der Waals surface area contributed by atoms with Crippen LogP contribution in [0.25, 0.3) is 10.2 Å². The van der Waals surface area contributed by atoms with Gasteiger partial charge in [-0.25, -0.2) is 4.98 Å². The number of ether oxygens (including phenoxy) is 1. The summed E-state index contributed by atoms with van der Waals surface area (Å²) in [6, 6.07) is 1.83. The minimum Gasteiger partial charge on any atom is -0.481 e. The average Bonchev–Trinajstić information content (AvgIpc) is 2.86. The van der Waals surface area contributed by atoms with Crippen molar-refractivity contribution < 1.29 is 14.6 Å². The summed E-state index contributed by atoms with van der Waals surface area (Å²) in [6.45, 7) is 0. The van der Waals surface area contributed by atoms with Gasteiger partial charge in [0.1, 0.15) is 4.70 Å². The zero-order chi connectivity index (χ0) is 15.0. The molecule has 2 heterocycles. The third-order valence-corrected chi connectivity index (χ3v) is 5.40. The van der Waals surface area contributed by atoms with E-state index in [0.29, 0.717) is 15.4 Å². The number of hydrogen-bond donors (Lipinski definition) is 1. The fraction of sp³-hybridized carbons (Fsp3) is 0.462. The van der Waals surface area contributed by atoms with Crippen LogP contribution in [0.5, 0.6) is 0 Å². The van der Waals surface area contributed by atoms with E-state index >= 15 is 0 Å². The van der Waals surface area contributed by atoms with Crippen LogP contribution in [-0.4, -0.2) is 39.6 Å². The summed E-state index contributed by atoms with van der Waals surface area (Å²) in [4.78, 5) is 27.9. The predicted molar refractivity (Wildman–Crippen MR) is 81.3 cm³/mol. The maximum atomic E-state index is 12.6. The van der Waals surface area contributed by atoms with Gasteiger partial charge in [0.05, 0.1) is 17.4 Å². The molecule has 0 radical (unpaired) electrons. The third-order valence-electron chi connectivity index (χ3n) is 3.57. The molecule has 0 atom stereocenters. The Morgan fingerprint density at radius 2 is 2.38 bits per heavy atom. The number of carboxylic acids is 1. The molecule has 3 rings (SSSR count). The number of thiophene rings is 1. The van der Waals surface area contributed by atoms with Crippen molar-refractivity contribution >= 4 is 39.3 Å². The van der Waals surface area contributed by atoms with E-state index in [1.165, 1.54) is 11.3 Å². The number of carboxylic acid groups (broad SMARTS) is 1. The van der Waals surface area contributed by atoms with Crippen molar-refractivity contribution in [3.05, 3.63) is 21.8 Å². The van der Waals surface area contributed by atoms with Crippen LogP contribution < -0.4 is 5.56 Å². The van der Waals surface area contributed by atoms with E-state index in [4.69, 9.17) is 9.84 Å². The number of fused-ring (bicyclic) bond motifs is 1. The van der Waals surface area contributed by atoms with Gasteiger partial charge in [-0.1, -0.05) is 11.8 Å². The fourth-order valence-corrected chi connectivity index (χ4v) is 3.95. The molecule has 112 valence electrons. The van der Waals surface area contributed by atoms with Gasteiger partial charge in [0.2, 0.25) is 0 Å². The van der Waals surface area contributed by atoms with Crippen molar-refractivity contribution in [1.82, 2.24) is 9.55 Å². The summed E-state index contributed by atoms with van der Waals surface area (Å²) in [6.07, 6.45) is 1.68. The van der Waals surface area contributed by atoms with Gasteiger partial charge in [0, 0.05) is 13.2 Å². The van der Waals surface area contributed by atoms with Crippen LogP contribution in [0.15, 0.2) is 21.4 Å². The number of carbonyl (C=O) groups is 1. The van der Waals surface area contributed by atoms with E-state index in [-0.39, 0.29) is 23.5 Å². The standard InChI is InChI=1S/C13H14N2O4S2/c1-19-8-4-7(5-8)15-12(18)11-9(2-3-20-11)14-13(15)21-6-10(16)17/h2-3,7-8H,4-6H2,1H3,(H,16,17). The van der Waals surface area contributed by atoms with E-state index < -0.39 is 5.97 Å². The maximum absolute atomic E-state index is 12.6. The molecule has 21 heavy (non-hydrogen) atoms. The second-order valence-electron chi connectivity index (χ2n) is 4.87. The van der Waals surface area contributed by atoms with Crippen molar-refractivity contribution in [2.24, 2.45) is 0 Å². The fourth-order valence-electron chi connectivity index (χ4n) is 2.40. The van der Waals surface area contributed by atoms with Crippen LogP contribution in [0.3, 0.4) is 0 Å². The molecule has 0 aliphatic heterocycles. The highest BCUT2D eigenvalue weighted by Gasteiger charge is 2.33. The number of hydrogen-bond acceptors (Lipinski definition) is 6. The quantitative estimate of drug-likeness (QED) is 0.668. The Bertz CT molecular complexity index is 733. The summed E-state index contributed by atoms with van der Waals surface area (Å²) >= 11 is 2.46. The van der Waals surface area contributed by atoms with E-state index in [0.717, 1.165) is 24.6 Å². The van der Waals surface area contributed by atoms with Gasteiger partial charge in [0.15, 0.2) is 5.16 Å². The first-order chi connectivity index (χ1) is 10.1. The average molecular weight is 326 g/mol. The Morgan fingerprint density at radius 3 is 3.05 bits per heavy atom. The number of thioether (sulfide) groups is 1. The zero-order valence-corrected chi connectivity index (χ0v) is 12.9. The molecule has 1 aliphatic carbocycles. The minimum absolute atomic E-state index is 0.0396. The number of aromatic nitrogens is 2. The molecule has 8 heteroatoms. The lowest BCUT2D eigenvalue weighted by Gasteiger charge is -2.36. The molecule has 2 aromatic rings. The van der Waals surface area contributed by atoms with Crippen LogP contribution in [0, 0.1) is 0 Å².